The van der Waals surface area contributed by atoms with Gasteiger partial charge in [0.25, 0.3) is 0 Å². The van der Waals surface area contributed by atoms with Crippen molar-refractivity contribution < 1.29 is 0 Å². The van der Waals surface area contributed by atoms with Gasteiger partial charge in [0.15, 0.2) is 0 Å². The van der Waals surface area contributed by atoms with Crippen molar-refractivity contribution in [2.75, 3.05) is 9.80 Å². The van der Waals surface area contributed by atoms with Gasteiger partial charge in [-0.2, -0.15) is 0 Å². The third-order valence-corrected chi connectivity index (χ3v) is 14.7. The predicted molar refractivity (Wildman–Crippen MR) is 312 cm³/mol. The number of fused-ring (bicyclic) bond motifs is 6. The van der Waals surface area contributed by atoms with Gasteiger partial charge in [-0.1, -0.05) is 199 Å². The zero-order valence-electron chi connectivity index (χ0n) is 42.0. The molecule has 72 heavy (non-hydrogen) atoms. The number of hydrogen-bond donors (Lipinski definition) is 0. The second-order valence-corrected chi connectivity index (χ2v) is 21.4. The van der Waals surface area contributed by atoms with E-state index in [1.54, 1.807) is 0 Å². The monoisotopic (exact) mass is 926 g/mol. The van der Waals surface area contributed by atoms with E-state index in [4.69, 9.17) is 0 Å². The fourth-order valence-electron chi connectivity index (χ4n) is 10.9. The number of anilines is 6. The lowest BCUT2D eigenvalue weighted by Gasteiger charge is -2.29. The number of para-hydroxylation sites is 2. The standard InChI is InChI=1S/C70H58N2/c1-69(2,3)53-30-34-57(35-31-53)71(55-20-9-7-10-21-55)59-39-42-64-65(45-59)67(51-28-25-47-17-13-14-19-49(47)43-51)63-41-38-60(72(56-22-11-8-12-23-56)58-36-32-54(33-37-58)70(4,5)6)46-66(63)68(64)52-29-40-62-50(44-52)27-26-48-18-15-16-24-61(48)62/h7-46H,1-6H3. The summed E-state index contributed by atoms with van der Waals surface area (Å²) in [6.45, 7) is 13.7. The van der Waals surface area contributed by atoms with Gasteiger partial charge in [0.2, 0.25) is 0 Å². The van der Waals surface area contributed by atoms with Gasteiger partial charge in [0, 0.05) is 34.1 Å². The second-order valence-electron chi connectivity index (χ2n) is 21.4. The second kappa shape index (κ2) is 17.7. The molecule has 0 aliphatic rings. The minimum absolute atomic E-state index is 0.0369. The van der Waals surface area contributed by atoms with Gasteiger partial charge in [-0.3, -0.25) is 0 Å². The van der Waals surface area contributed by atoms with Crippen molar-refractivity contribution in [1.82, 2.24) is 0 Å². The van der Waals surface area contributed by atoms with Crippen LogP contribution in [-0.2, 0) is 10.8 Å². The van der Waals surface area contributed by atoms with Gasteiger partial charge in [0.1, 0.15) is 0 Å². The van der Waals surface area contributed by atoms with Gasteiger partial charge >= 0.3 is 0 Å². The fourth-order valence-corrected chi connectivity index (χ4v) is 10.9. The fraction of sp³-hybridized carbons (Fsp3) is 0.114. The van der Waals surface area contributed by atoms with Gasteiger partial charge < -0.3 is 9.80 Å². The highest BCUT2D eigenvalue weighted by Gasteiger charge is 2.24. The van der Waals surface area contributed by atoms with Crippen molar-refractivity contribution in [2.45, 2.75) is 52.4 Å². The predicted octanol–water partition coefficient (Wildman–Crippen LogP) is 20.3. The van der Waals surface area contributed by atoms with Crippen LogP contribution in [0.1, 0.15) is 52.7 Å². The van der Waals surface area contributed by atoms with Crippen LogP contribution in [0.5, 0.6) is 0 Å². The summed E-state index contributed by atoms with van der Waals surface area (Å²) in [5.41, 5.74) is 14.1. The molecule has 0 N–H and O–H groups in total. The lowest BCUT2D eigenvalue weighted by Crippen LogP contribution is -2.13. The summed E-state index contributed by atoms with van der Waals surface area (Å²) in [6.07, 6.45) is 0. The first kappa shape index (κ1) is 44.7. The molecule has 0 heterocycles. The molecule has 12 aromatic rings. The van der Waals surface area contributed by atoms with Crippen LogP contribution in [0.4, 0.5) is 34.1 Å². The van der Waals surface area contributed by atoms with E-state index in [1.165, 1.54) is 87.2 Å². The largest absolute Gasteiger partial charge is 0.310 e. The summed E-state index contributed by atoms with van der Waals surface area (Å²) in [6, 6.07) is 90.3. The zero-order chi connectivity index (χ0) is 49.1. The highest BCUT2D eigenvalue weighted by molar-refractivity contribution is 6.23. The molecule has 12 aromatic carbocycles. The molecule has 0 radical (unpaired) electrons. The Morgan fingerprint density at radius 1 is 0.236 bits per heavy atom. The van der Waals surface area contributed by atoms with E-state index >= 15 is 0 Å². The Morgan fingerprint density at radius 2 is 0.597 bits per heavy atom. The molecular weight excluding hydrogens is 869 g/mol. The van der Waals surface area contributed by atoms with Gasteiger partial charge in [-0.15, -0.1) is 0 Å². The van der Waals surface area contributed by atoms with E-state index in [2.05, 4.69) is 294 Å². The molecule has 348 valence electrons. The average Bonchev–Trinajstić information content (AvgIpc) is 3.40. The van der Waals surface area contributed by atoms with Crippen LogP contribution in [0, 0.1) is 0 Å². The first-order valence-electron chi connectivity index (χ1n) is 25.3. The Morgan fingerprint density at radius 3 is 1.11 bits per heavy atom. The highest BCUT2D eigenvalue weighted by Crippen LogP contribution is 2.49. The number of hydrogen-bond acceptors (Lipinski definition) is 2. The quantitative estimate of drug-likeness (QED) is 0.111. The van der Waals surface area contributed by atoms with Crippen molar-refractivity contribution in [2.24, 2.45) is 0 Å². The van der Waals surface area contributed by atoms with Crippen molar-refractivity contribution in [3.8, 4) is 22.3 Å². The molecule has 2 heteroatoms. The maximum Gasteiger partial charge on any atom is 0.0468 e. The van der Waals surface area contributed by atoms with Crippen LogP contribution in [0.2, 0.25) is 0 Å². The summed E-state index contributed by atoms with van der Waals surface area (Å²) in [4.78, 5) is 4.82. The summed E-state index contributed by atoms with van der Waals surface area (Å²) in [5, 5.41) is 12.2. The number of benzene rings is 12. The molecule has 0 unspecified atom stereocenters. The third-order valence-electron chi connectivity index (χ3n) is 14.7. The maximum absolute atomic E-state index is 2.45. The van der Waals surface area contributed by atoms with Crippen LogP contribution in [0.15, 0.2) is 243 Å². The summed E-state index contributed by atoms with van der Waals surface area (Å²) in [7, 11) is 0. The van der Waals surface area contributed by atoms with Crippen molar-refractivity contribution in [1.29, 1.82) is 0 Å². The summed E-state index contributed by atoms with van der Waals surface area (Å²) in [5.74, 6) is 0. The molecule has 0 amide bonds. The Kier molecular flexibility index (Phi) is 11.0. The SMILES string of the molecule is CC(C)(C)c1ccc(N(c2ccccc2)c2ccc3c(-c4ccc5c(ccc6ccccc65)c4)c4cc(N(c5ccccc5)c5ccc(C(C)(C)C)cc5)ccc4c(-c4ccc5ccccc5c4)c3c2)cc1. The van der Waals surface area contributed by atoms with Crippen LogP contribution in [0.25, 0.3) is 76.1 Å². The van der Waals surface area contributed by atoms with E-state index in [9.17, 15) is 0 Å². The molecule has 0 aliphatic heterocycles. The smallest absolute Gasteiger partial charge is 0.0468 e. The van der Waals surface area contributed by atoms with Gasteiger partial charge in [-0.25, -0.2) is 0 Å². The summed E-state index contributed by atoms with van der Waals surface area (Å²) < 4.78 is 0. The molecule has 2 nitrogen and oxygen atoms in total. The van der Waals surface area contributed by atoms with Crippen LogP contribution < -0.4 is 9.80 Å². The van der Waals surface area contributed by atoms with Crippen molar-refractivity contribution in [3.05, 3.63) is 254 Å². The number of nitrogens with zero attached hydrogens (tertiary/aromatic N) is 2. The van der Waals surface area contributed by atoms with Gasteiger partial charge in [-0.05, 0) is 183 Å². The first-order valence-corrected chi connectivity index (χ1v) is 25.3. The van der Waals surface area contributed by atoms with Gasteiger partial charge in [0.05, 0.1) is 0 Å². The maximum atomic E-state index is 2.45. The Bertz CT molecular complexity index is 3970. The molecule has 0 bridgehead atoms. The topological polar surface area (TPSA) is 6.48 Å². The Hall–Kier alpha value is -8.46. The van der Waals surface area contributed by atoms with Crippen LogP contribution in [-0.4, -0.2) is 0 Å². The molecule has 0 aliphatic carbocycles. The van der Waals surface area contributed by atoms with E-state index < -0.39 is 0 Å². The summed E-state index contributed by atoms with van der Waals surface area (Å²) >= 11 is 0. The van der Waals surface area contributed by atoms with Crippen LogP contribution >= 0.6 is 0 Å². The molecule has 0 aromatic heterocycles. The third kappa shape index (κ3) is 8.13. The van der Waals surface area contributed by atoms with Crippen molar-refractivity contribution in [3.63, 3.8) is 0 Å². The molecule has 0 saturated carbocycles. The minimum atomic E-state index is 0.0369. The molecule has 12 rings (SSSR count). The van der Waals surface area contributed by atoms with E-state index in [0.29, 0.717) is 0 Å². The normalized spacial score (nSPS) is 12.0. The van der Waals surface area contributed by atoms with Crippen molar-refractivity contribution >= 4 is 88.0 Å². The molecule has 0 fully saturated rings. The van der Waals surface area contributed by atoms with E-state index in [-0.39, 0.29) is 10.8 Å². The lowest BCUT2D eigenvalue weighted by atomic mass is 9.84. The average molecular weight is 927 g/mol. The zero-order valence-corrected chi connectivity index (χ0v) is 42.0. The molecule has 0 spiro atoms. The number of rotatable bonds is 8. The molecule has 0 atom stereocenters. The Labute approximate surface area is 424 Å². The molecular formula is C70H58N2. The highest BCUT2D eigenvalue weighted by atomic mass is 15.1. The molecule has 0 saturated heterocycles. The Balaban J connectivity index is 1.18. The minimum Gasteiger partial charge on any atom is -0.310 e. The van der Waals surface area contributed by atoms with E-state index in [0.717, 1.165) is 34.1 Å². The van der Waals surface area contributed by atoms with Crippen LogP contribution in [0.3, 0.4) is 0 Å². The first-order chi connectivity index (χ1) is 35.0. The lowest BCUT2D eigenvalue weighted by molar-refractivity contribution is 0.590. The van der Waals surface area contributed by atoms with E-state index in [1.807, 2.05) is 0 Å².